The zero-order valence-corrected chi connectivity index (χ0v) is 11.4. The third kappa shape index (κ3) is 3.22. The first-order valence-electron chi connectivity index (χ1n) is 6.91. The number of nitrogens with zero attached hydrogens (tertiary/aromatic N) is 3. The van der Waals surface area contributed by atoms with E-state index in [1.54, 1.807) is 0 Å². The molecule has 4 nitrogen and oxygen atoms in total. The van der Waals surface area contributed by atoms with Crippen molar-refractivity contribution in [3.8, 4) is 0 Å². The first-order chi connectivity index (χ1) is 9.92. The van der Waals surface area contributed by atoms with Crippen LogP contribution in [0.2, 0.25) is 0 Å². The van der Waals surface area contributed by atoms with Crippen LogP contribution >= 0.6 is 0 Å². The Bertz CT molecular complexity index is 661. The molecule has 0 amide bonds. The molecule has 3 aromatic rings. The Labute approximate surface area is 118 Å². The molecule has 2 heterocycles. The Kier molecular flexibility index (Phi) is 4.04. The van der Waals surface area contributed by atoms with Crippen molar-refractivity contribution in [2.45, 2.75) is 19.5 Å². The summed E-state index contributed by atoms with van der Waals surface area (Å²) in [5, 5.41) is 5.92. The van der Waals surface area contributed by atoms with E-state index in [1.165, 1.54) is 16.3 Å². The highest BCUT2D eigenvalue weighted by Crippen LogP contribution is 2.14. The Morgan fingerprint density at radius 3 is 2.95 bits per heavy atom. The van der Waals surface area contributed by atoms with Crippen molar-refractivity contribution in [3.63, 3.8) is 0 Å². The number of aromatic nitrogens is 3. The molecule has 2 aromatic heterocycles. The number of imidazole rings is 1. The van der Waals surface area contributed by atoms with Gasteiger partial charge in [0.05, 0.1) is 6.33 Å². The monoisotopic (exact) mass is 266 g/mol. The summed E-state index contributed by atoms with van der Waals surface area (Å²) in [6.07, 6.45) is 10.5. The van der Waals surface area contributed by atoms with Gasteiger partial charge in [0, 0.05) is 43.3 Å². The average Bonchev–Trinajstić information content (AvgIpc) is 3.00. The predicted octanol–water partition coefficient (Wildman–Crippen LogP) is 2.61. The molecule has 102 valence electrons. The lowest BCUT2D eigenvalue weighted by Crippen LogP contribution is -2.16. The summed E-state index contributed by atoms with van der Waals surface area (Å²) < 4.78 is 2.10. The molecule has 0 atom stereocenters. The number of hydrogen-bond donors (Lipinski definition) is 1. The second-order valence-corrected chi connectivity index (χ2v) is 4.89. The predicted molar refractivity (Wildman–Crippen MR) is 80.3 cm³/mol. The quantitative estimate of drug-likeness (QED) is 0.697. The molecule has 0 spiro atoms. The molecule has 0 saturated heterocycles. The van der Waals surface area contributed by atoms with Crippen LogP contribution in [0, 0.1) is 0 Å². The van der Waals surface area contributed by atoms with Crippen LogP contribution in [0.3, 0.4) is 0 Å². The topological polar surface area (TPSA) is 42.7 Å². The van der Waals surface area contributed by atoms with E-state index >= 15 is 0 Å². The molecule has 0 fully saturated rings. The summed E-state index contributed by atoms with van der Waals surface area (Å²) in [6, 6.07) is 8.56. The molecule has 4 heteroatoms. The standard InChI is InChI=1S/C16H18N4/c1(8-20-9-7-19-13-20)5-17-11-14-2-3-16-12-18-6-4-15(16)10-14/h2-4,6-7,9-10,12-13,17H,1,5,8,11H2. The highest BCUT2D eigenvalue weighted by molar-refractivity contribution is 5.81. The lowest BCUT2D eigenvalue weighted by Gasteiger charge is -2.06. The van der Waals surface area contributed by atoms with Crippen LogP contribution in [0.4, 0.5) is 0 Å². The Morgan fingerprint density at radius 1 is 1.05 bits per heavy atom. The van der Waals surface area contributed by atoms with Crippen molar-refractivity contribution in [1.29, 1.82) is 0 Å². The lowest BCUT2D eigenvalue weighted by molar-refractivity contribution is 0.581. The van der Waals surface area contributed by atoms with Crippen molar-refractivity contribution in [1.82, 2.24) is 19.9 Å². The van der Waals surface area contributed by atoms with Crippen LogP contribution in [0.5, 0.6) is 0 Å². The van der Waals surface area contributed by atoms with Crippen molar-refractivity contribution in [3.05, 3.63) is 60.9 Å². The summed E-state index contributed by atoms with van der Waals surface area (Å²) >= 11 is 0. The van der Waals surface area contributed by atoms with E-state index in [0.29, 0.717) is 0 Å². The lowest BCUT2D eigenvalue weighted by atomic mass is 10.1. The number of benzene rings is 1. The first-order valence-corrected chi connectivity index (χ1v) is 6.91. The van der Waals surface area contributed by atoms with Gasteiger partial charge in [-0.2, -0.15) is 0 Å². The number of hydrogen-bond acceptors (Lipinski definition) is 3. The molecule has 1 aromatic carbocycles. The van der Waals surface area contributed by atoms with E-state index in [-0.39, 0.29) is 0 Å². The molecule has 20 heavy (non-hydrogen) atoms. The summed E-state index contributed by atoms with van der Waals surface area (Å²) in [5.41, 5.74) is 1.31. The van der Waals surface area contributed by atoms with E-state index in [0.717, 1.165) is 26.1 Å². The SMILES string of the molecule is c1cc2cc(CNCCCn3ccnc3)ccc2cn1. The highest BCUT2D eigenvalue weighted by atomic mass is 15.0. The molecule has 0 unspecified atom stereocenters. The molecule has 1 N–H and O–H groups in total. The summed E-state index contributed by atoms with van der Waals surface area (Å²) in [5.74, 6) is 0. The summed E-state index contributed by atoms with van der Waals surface area (Å²) in [4.78, 5) is 8.17. The molecule has 3 rings (SSSR count). The molecule has 0 radical (unpaired) electrons. The zero-order valence-electron chi connectivity index (χ0n) is 11.4. The molecular formula is C16H18N4. The fourth-order valence-corrected chi connectivity index (χ4v) is 2.28. The van der Waals surface area contributed by atoms with E-state index < -0.39 is 0 Å². The smallest absolute Gasteiger partial charge is 0.0945 e. The van der Waals surface area contributed by atoms with Gasteiger partial charge in [0.1, 0.15) is 0 Å². The number of aryl methyl sites for hydroxylation is 1. The van der Waals surface area contributed by atoms with Crippen LogP contribution in [0.1, 0.15) is 12.0 Å². The minimum atomic E-state index is 0.905. The van der Waals surface area contributed by atoms with E-state index in [2.05, 4.69) is 44.1 Å². The number of fused-ring (bicyclic) bond motifs is 1. The van der Waals surface area contributed by atoms with Gasteiger partial charge >= 0.3 is 0 Å². The molecule has 0 aliphatic carbocycles. The van der Waals surface area contributed by atoms with E-state index in [1.807, 2.05) is 31.1 Å². The van der Waals surface area contributed by atoms with Gasteiger partial charge in [-0.05, 0) is 36.0 Å². The third-order valence-electron chi connectivity index (χ3n) is 3.36. The van der Waals surface area contributed by atoms with Gasteiger partial charge in [0.25, 0.3) is 0 Å². The second kappa shape index (κ2) is 6.30. The van der Waals surface area contributed by atoms with Gasteiger partial charge in [0.2, 0.25) is 0 Å². The van der Waals surface area contributed by atoms with Crippen LogP contribution in [-0.4, -0.2) is 21.1 Å². The maximum Gasteiger partial charge on any atom is 0.0945 e. The minimum Gasteiger partial charge on any atom is -0.337 e. The van der Waals surface area contributed by atoms with Gasteiger partial charge in [-0.1, -0.05) is 12.1 Å². The summed E-state index contributed by atoms with van der Waals surface area (Å²) in [7, 11) is 0. The second-order valence-electron chi connectivity index (χ2n) is 4.89. The molecular weight excluding hydrogens is 248 g/mol. The van der Waals surface area contributed by atoms with Crippen molar-refractivity contribution >= 4 is 10.8 Å². The van der Waals surface area contributed by atoms with Crippen LogP contribution in [-0.2, 0) is 13.1 Å². The number of nitrogens with one attached hydrogen (secondary N) is 1. The number of pyridine rings is 1. The molecule has 0 bridgehead atoms. The maximum atomic E-state index is 4.13. The summed E-state index contributed by atoms with van der Waals surface area (Å²) in [6.45, 7) is 2.92. The molecule has 0 saturated carbocycles. The Morgan fingerprint density at radius 2 is 2.05 bits per heavy atom. The van der Waals surface area contributed by atoms with E-state index in [9.17, 15) is 0 Å². The Balaban J connectivity index is 1.47. The van der Waals surface area contributed by atoms with Gasteiger partial charge in [-0.15, -0.1) is 0 Å². The van der Waals surface area contributed by atoms with Gasteiger partial charge in [-0.3, -0.25) is 4.98 Å². The van der Waals surface area contributed by atoms with Crippen LogP contribution in [0.25, 0.3) is 10.8 Å². The fourth-order valence-electron chi connectivity index (χ4n) is 2.28. The normalized spacial score (nSPS) is 11.0. The fraction of sp³-hybridized carbons (Fsp3) is 0.250. The maximum absolute atomic E-state index is 4.13. The minimum absolute atomic E-state index is 0.905. The van der Waals surface area contributed by atoms with Gasteiger partial charge in [0.15, 0.2) is 0 Å². The van der Waals surface area contributed by atoms with Crippen LogP contribution in [0.15, 0.2) is 55.4 Å². The van der Waals surface area contributed by atoms with Gasteiger partial charge < -0.3 is 9.88 Å². The average molecular weight is 266 g/mol. The van der Waals surface area contributed by atoms with Crippen molar-refractivity contribution in [2.75, 3.05) is 6.54 Å². The zero-order chi connectivity index (χ0) is 13.6. The molecule has 0 aliphatic rings. The van der Waals surface area contributed by atoms with E-state index in [4.69, 9.17) is 0 Å². The third-order valence-corrected chi connectivity index (χ3v) is 3.36. The van der Waals surface area contributed by atoms with Crippen molar-refractivity contribution in [2.24, 2.45) is 0 Å². The van der Waals surface area contributed by atoms with Gasteiger partial charge in [-0.25, -0.2) is 4.98 Å². The first kappa shape index (κ1) is 12.8. The molecule has 0 aliphatic heterocycles. The van der Waals surface area contributed by atoms with Crippen LogP contribution < -0.4 is 5.32 Å². The van der Waals surface area contributed by atoms with Crippen molar-refractivity contribution < 1.29 is 0 Å². The largest absolute Gasteiger partial charge is 0.337 e. The Hall–Kier alpha value is -2.20. The number of rotatable bonds is 6. The highest BCUT2D eigenvalue weighted by Gasteiger charge is 1.97.